The smallest absolute Gasteiger partial charge is 0.326 e. The number of phenols is 1. The van der Waals surface area contributed by atoms with Crippen molar-refractivity contribution < 1.29 is 29.4 Å². The highest BCUT2D eigenvalue weighted by Gasteiger charge is 2.28. The first kappa shape index (κ1) is 24.9. The Labute approximate surface area is 174 Å². The van der Waals surface area contributed by atoms with Crippen LogP contribution in [0, 0.1) is 0 Å². The molecule has 0 aliphatic heterocycles. The molecule has 0 aliphatic carbocycles. The number of benzene rings is 1. The molecule has 0 saturated carbocycles. The molecular formula is C19H29N5O6. The van der Waals surface area contributed by atoms with Crippen LogP contribution in [-0.4, -0.2) is 58.6 Å². The molecule has 0 heterocycles. The number of nitrogens with two attached hydrogens (primary N) is 3. The number of amides is 3. The Morgan fingerprint density at radius 2 is 1.57 bits per heavy atom. The van der Waals surface area contributed by atoms with Crippen molar-refractivity contribution in [3.8, 4) is 5.75 Å². The van der Waals surface area contributed by atoms with Crippen LogP contribution in [0.3, 0.4) is 0 Å². The summed E-state index contributed by atoms with van der Waals surface area (Å²) >= 11 is 0. The summed E-state index contributed by atoms with van der Waals surface area (Å²) in [4.78, 5) is 47.4. The molecule has 1 aromatic carbocycles. The van der Waals surface area contributed by atoms with Gasteiger partial charge in [-0.25, -0.2) is 4.79 Å². The Morgan fingerprint density at radius 1 is 0.967 bits per heavy atom. The minimum Gasteiger partial charge on any atom is -0.508 e. The molecule has 0 aliphatic rings. The molecule has 0 radical (unpaired) electrons. The van der Waals surface area contributed by atoms with Crippen molar-refractivity contribution in [3.63, 3.8) is 0 Å². The van der Waals surface area contributed by atoms with Crippen molar-refractivity contribution in [1.82, 2.24) is 10.6 Å². The molecule has 1 rings (SSSR count). The lowest BCUT2D eigenvalue weighted by atomic mass is 10.0. The fourth-order valence-corrected chi connectivity index (χ4v) is 2.69. The van der Waals surface area contributed by atoms with Crippen LogP contribution in [0.15, 0.2) is 24.3 Å². The topological polar surface area (TPSA) is 211 Å². The number of carboxylic acid groups (broad SMARTS) is 1. The van der Waals surface area contributed by atoms with Crippen LogP contribution in [0.2, 0.25) is 0 Å². The molecule has 10 N–H and O–H groups in total. The maximum Gasteiger partial charge on any atom is 0.326 e. The van der Waals surface area contributed by atoms with Crippen molar-refractivity contribution in [2.24, 2.45) is 17.2 Å². The largest absolute Gasteiger partial charge is 0.508 e. The zero-order valence-electron chi connectivity index (χ0n) is 16.5. The summed E-state index contributed by atoms with van der Waals surface area (Å²) < 4.78 is 0. The molecule has 3 amide bonds. The molecule has 1 aromatic rings. The van der Waals surface area contributed by atoms with E-state index in [1.165, 1.54) is 12.1 Å². The van der Waals surface area contributed by atoms with Gasteiger partial charge in [-0.15, -0.1) is 0 Å². The molecule has 3 unspecified atom stereocenters. The number of carbonyl (C=O) groups is 4. The van der Waals surface area contributed by atoms with E-state index in [-0.39, 0.29) is 25.0 Å². The lowest BCUT2D eigenvalue weighted by Gasteiger charge is -2.23. The molecule has 11 heteroatoms. The standard InChI is InChI=1S/C19H29N5O6/c20-8-2-1-3-14(23-17(27)13(21)10-16(22)26)18(28)24-15(19(29)30)9-11-4-6-12(25)7-5-11/h4-7,13-15,25H,1-3,8-10,20-21H2,(H2,22,26)(H,23,27)(H,24,28)(H,29,30). The summed E-state index contributed by atoms with van der Waals surface area (Å²) in [5.41, 5.74) is 16.7. The predicted molar refractivity (Wildman–Crippen MR) is 108 cm³/mol. The highest BCUT2D eigenvalue weighted by molar-refractivity contribution is 5.93. The van der Waals surface area contributed by atoms with Gasteiger partial charge in [-0.05, 0) is 43.5 Å². The van der Waals surface area contributed by atoms with E-state index < -0.39 is 41.8 Å². The highest BCUT2D eigenvalue weighted by atomic mass is 16.4. The minimum absolute atomic E-state index is 0.0218. The third kappa shape index (κ3) is 8.88. The Bertz CT molecular complexity index is 739. The van der Waals surface area contributed by atoms with Gasteiger partial charge in [0.05, 0.1) is 12.5 Å². The van der Waals surface area contributed by atoms with Crippen LogP contribution in [0.25, 0.3) is 0 Å². The van der Waals surface area contributed by atoms with Gasteiger partial charge in [-0.3, -0.25) is 14.4 Å². The summed E-state index contributed by atoms with van der Waals surface area (Å²) in [5, 5.41) is 23.7. The van der Waals surface area contributed by atoms with Gasteiger partial charge < -0.3 is 38.0 Å². The number of phenolic OH excluding ortho intramolecular Hbond substituents is 1. The summed E-state index contributed by atoms with van der Waals surface area (Å²) in [6, 6.07) is 2.37. The van der Waals surface area contributed by atoms with Gasteiger partial charge in [0.25, 0.3) is 0 Å². The Kier molecular flexibility index (Phi) is 10.3. The average molecular weight is 423 g/mol. The van der Waals surface area contributed by atoms with Crippen LogP contribution < -0.4 is 27.8 Å². The fourth-order valence-electron chi connectivity index (χ4n) is 2.69. The second-order valence-corrected chi connectivity index (χ2v) is 6.89. The van der Waals surface area contributed by atoms with E-state index in [1.807, 2.05) is 0 Å². The van der Waals surface area contributed by atoms with E-state index in [2.05, 4.69) is 10.6 Å². The maximum atomic E-state index is 12.7. The van der Waals surface area contributed by atoms with Crippen molar-refractivity contribution in [2.45, 2.75) is 50.2 Å². The van der Waals surface area contributed by atoms with E-state index >= 15 is 0 Å². The van der Waals surface area contributed by atoms with E-state index in [1.54, 1.807) is 12.1 Å². The third-order valence-electron chi connectivity index (χ3n) is 4.33. The molecule has 0 aromatic heterocycles. The number of aliphatic carboxylic acids is 1. The van der Waals surface area contributed by atoms with E-state index in [4.69, 9.17) is 17.2 Å². The molecule has 0 saturated heterocycles. The Balaban J connectivity index is 2.85. The first-order valence-corrected chi connectivity index (χ1v) is 9.49. The maximum absolute atomic E-state index is 12.7. The number of rotatable bonds is 13. The number of aromatic hydroxyl groups is 1. The Morgan fingerprint density at radius 3 is 2.10 bits per heavy atom. The van der Waals surface area contributed by atoms with Crippen molar-refractivity contribution in [2.75, 3.05) is 6.54 Å². The highest BCUT2D eigenvalue weighted by Crippen LogP contribution is 2.12. The van der Waals surface area contributed by atoms with Crippen LogP contribution in [0.5, 0.6) is 5.75 Å². The van der Waals surface area contributed by atoms with Crippen LogP contribution in [0.1, 0.15) is 31.2 Å². The molecule has 0 fully saturated rings. The second kappa shape index (κ2) is 12.4. The fraction of sp³-hybridized carbons (Fsp3) is 0.474. The minimum atomic E-state index is -1.26. The van der Waals surface area contributed by atoms with Crippen LogP contribution >= 0.6 is 0 Å². The summed E-state index contributed by atoms with van der Waals surface area (Å²) in [6.45, 7) is 0.391. The number of nitrogens with one attached hydrogen (secondary N) is 2. The van der Waals surface area contributed by atoms with Gasteiger partial charge in [0.1, 0.15) is 17.8 Å². The molecular weight excluding hydrogens is 394 g/mol. The van der Waals surface area contributed by atoms with Gasteiger partial charge in [-0.1, -0.05) is 12.1 Å². The quantitative estimate of drug-likeness (QED) is 0.182. The van der Waals surface area contributed by atoms with Gasteiger partial charge in [0, 0.05) is 6.42 Å². The number of carboxylic acids is 1. The zero-order valence-corrected chi connectivity index (χ0v) is 16.5. The van der Waals surface area contributed by atoms with Crippen LogP contribution in [0.4, 0.5) is 0 Å². The molecule has 3 atom stereocenters. The van der Waals surface area contributed by atoms with E-state index in [0.717, 1.165) is 0 Å². The predicted octanol–water partition coefficient (Wildman–Crippen LogP) is -1.68. The zero-order chi connectivity index (χ0) is 22.7. The van der Waals surface area contributed by atoms with E-state index in [0.29, 0.717) is 24.9 Å². The molecule has 166 valence electrons. The number of hydrogen-bond donors (Lipinski definition) is 7. The molecule has 0 bridgehead atoms. The van der Waals surface area contributed by atoms with Gasteiger partial charge in [0.15, 0.2) is 0 Å². The lowest BCUT2D eigenvalue weighted by molar-refractivity contribution is -0.142. The summed E-state index contributed by atoms with van der Waals surface area (Å²) in [5.74, 6) is -3.43. The molecule has 0 spiro atoms. The van der Waals surface area contributed by atoms with Gasteiger partial charge >= 0.3 is 5.97 Å². The lowest BCUT2D eigenvalue weighted by Crippen LogP contribution is -2.55. The van der Waals surface area contributed by atoms with E-state index in [9.17, 15) is 29.4 Å². The summed E-state index contributed by atoms with van der Waals surface area (Å²) in [6.07, 6.45) is 0.912. The van der Waals surface area contributed by atoms with Crippen molar-refractivity contribution in [1.29, 1.82) is 0 Å². The SMILES string of the molecule is NCCCCC(NC(=O)C(N)CC(N)=O)C(=O)NC(Cc1ccc(O)cc1)C(=O)O. The van der Waals surface area contributed by atoms with Crippen LogP contribution in [-0.2, 0) is 25.6 Å². The molecule has 30 heavy (non-hydrogen) atoms. The normalized spacial score (nSPS) is 13.7. The Hall–Kier alpha value is -3.18. The summed E-state index contributed by atoms with van der Waals surface area (Å²) in [7, 11) is 0. The number of carbonyl (C=O) groups excluding carboxylic acids is 3. The van der Waals surface area contributed by atoms with Gasteiger partial charge in [0.2, 0.25) is 17.7 Å². The monoisotopic (exact) mass is 423 g/mol. The van der Waals surface area contributed by atoms with Gasteiger partial charge in [-0.2, -0.15) is 0 Å². The first-order valence-electron chi connectivity index (χ1n) is 9.49. The number of primary amides is 1. The van der Waals surface area contributed by atoms with Crippen molar-refractivity contribution >= 4 is 23.7 Å². The number of hydrogen-bond acceptors (Lipinski definition) is 7. The average Bonchev–Trinajstić information content (AvgIpc) is 2.67. The third-order valence-corrected chi connectivity index (χ3v) is 4.33. The second-order valence-electron chi connectivity index (χ2n) is 6.89. The van der Waals surface area contributed by atoms with Crippen molar-refractivity contribution in [3.05, 3.63) is 29.8 Å². The molecule has 11 nitrogen and oxygen atoms in total. The first-order chi connectivity index (χ1) is 14.1. The number of unbranched alkanes of at least 4 members (excludes halogenated alkanes) is 1.